The number of carbonyl (C=O) groups excluding carboxylic acids is 1. The summed E-state index contributed by atoms with van der Waals surface area (Å²) in [5.41, 5.74) is 4.06. The van der Waals surface area contributed by atoms with Gasteiger partial charge in [-0.15, -0.1) is 0 Å². The van der Waals surface area contributed by atoms with Crippen LogP contribution in [0, 0.1) is 34.5 Å². The Morgan fingerprint density at radius 1 is 1.19 bits per heavy atom. The molecule has 4 aliphatic rings. The third-order valence-corrected chi connectivity index (χ3v) is 11.2. The molecule has 2 N–H and O–H groups in total. The van der Waals surface area contributed by atoms with E-state index in [1.54, 1.807) is 0 Å². The van der Waals surface area contributed by atoms with Crippen molar-refractivity contribution in [3.05, 3.63) is 52.9 Å². The molecule has 0 saturated heterocycles. The largest absolute Gasteiger partial charge is 0.393 e. The SMILES string of the molecule is CCC(=O)[C@@]1(O)CC[C@H]2[C@@H]3C[C@H](C)C4=Cc5nn(-c6ccc(CC)cc6)cc5C[C@]4(C)[C@H]3[C@@H](O)C[C@@]21C. The van der Waals surface area contributed by atoms with Crippen molar-refractivity contribution in [2.75, 3.05) is 0 Å². The second kappa shape index (κ2) is 8.38. The minimum absolute atomic E-state index is 0.0551. The highest BCUT2D eigenvalue weighted by atomic mass is 16.3. The Kier molecular flexibility index (Phi) is 5.67. The van der Waals surface area contributed by atoms with Crippen LogP contribution in [0.1, 0.15) is 83.5 Å². The van der Waals surface area contributed by atoms with Crippen LogP contribution in [0.25, 0.3) is 11.8 Å². The number of Topliss-reactive ketones (excluding diaryl/α,β-unsaturated/α-hetero) is 1. The highest BCUT2D eigenvalue weighted by Crippen LogP contribution is 2.68. The molecule has 4 aliphatic carbocycles. The zero-order chi connectivity index (χ0) is 26.3. The fraction of sp³-hybridized carbons (Fsp3) is 0.625. The molecule has 1 aromatic heterocycles. The third kappa shape index (κ3) is 3.35. The van der Waals surface area contributed by atoms with E-state index in [0.717, 1.165) is 37.1 Å². The lowest BCUT2D eigenvalue weighted by Gasteiger charge is -2.61. The Labute approximate surface area is 221 Å². The van der Waals surface area contributed by atoms with Gasteiger partial charge >= 0.3 is 0 Å². The topological polar surface area (TPSA) is 75.3 Å². The molecule has 1 heterocycles. The van der Waals surface area contributed by atoms with Crippen LogP contribution >= 0.6 is 0 Å². The summed E-state index contributed by atoms with van der Waals surface area (Å²) >= 11 is 0. The second-order valence-electron chi connectivity index (χ2n) is 13.0. The molecule has 2 aromatic rings. The van der Waals surface area contributed by atoms with Crippen molar-refractivity contribution < 1.29 is 15.0 Å². The maximum Gasteiger partial charge on any atom is 0.164 e. The maximum atomic E-state index is 13.0. The van der Waals surface area contributed by atoms with Crippen LogP contribution in [-0.4, -0.2) is 37.5 Å². The summed E-state index contributed by atoms with van der Waals surface area (Å²) in [7, 11) is 0. The number of aryl methyl sites for hydroxylation is 1. The van der Waals surface area contributed by atoms with E-state index >= 15 is 0 Å². The molecule has 5 nitrogen and oxygen atoms in total. The molecule has 0 aliphatic heterocycles. The van der Waals surface area contributed by atoms with Crippen molar-refractivity contribution >= 4 is 11.9 Å². The number of rotatable bonds is 4. The first-order valence-corrected chi connectivity index (χ1v) is 14.4. The van der Waals surface area contributed by atoms with Gasteiger partial charge in [-0.2, -0.15) is 5.10 Å². The van der Waals surface area contributed by atoms with E-state index in [9.17, 15) is 15.0 Å². The molecule has 37 heavy (non-hydrogen) atoms. The van der Waals surface area contributed by atoms with Crippen LogP contribution in [0.5, 0.6) is 0 Å². The maximum absolute atomic E-state index is 13.0. The Balaban J connectivity index is 1.37. The number of hydrogen-bond acceptors (Lipinski definition) is 4. The van der Waals surface area contributed by atoms with Gasteiger partial charge in [0.25, 0.3) is 0 Å². The first-order chi connectivity index (χ1) is 17.6. The van der Waals surface area contributed by atoms with E-state index in [-0.39, 0.29) is 23.0 Å². The predicted octanol–water partition coefficient (Wildman–Crippen LogP) is 5.54. The standard InChI is InChI=1S/C32H42N2O3/c1-6-20-8-10-22(11-9-20)34-18-21-16-30(4)25(15-26(21)33-34)19(3)14-23-24-12-13-32(37,28(36)7-2)31(24,5)17-27(35)29(23)30/h8-11,15,18-19,23-24,27,29,35,37H,6-7,12-14,16-17H2,1-5H3/t19-,23-,24-,27-,29+,30-,31-,32-/m0/s1. The molecule has 6 rings (SSSR count). The van der Waals surface area contributed by atoms with E-state index in [2.05, 4.69) is 64.2 Å². The van der Waals surface area contributed by atoms with Gasteiger partial charge < -0.3 is 10.2 Å². The molecule has 0 unspecified atom stereocenters. The zero-order valence-corrected chi connectivity index (χ0v) is 23.0. The van der Waals surface area contributed by atoms with Crippen LogP contribution in [0.3, 0.4) is 0 Å². The average molecular weight is 503 g/mol. The highest BCUT2D eigenvalue weighted by molar-refractivity contribution is 5.88. The van der Waals surface area contributed by atoms with Crippen molar-refractivity contribution in [1.29, 1.82) is 0 Å². The summed E-state index contributed by atoms with van der Waals surface area (Å²) in [6.07, 6.45) is 9.06. The predicted molar refractivity (Wildman–Crippen MR) is 145 cm³/mol. The van der Waals surface area contributed by atoms with Gasteiger partial charge in [0, 0.05) is 18.0 Å². The van der Waals surface area contributed by atoms with Gasteiger partial charge in [0.05, 0.1) is 17.5 Å². The van der Waals surface area contributed by atoms with Gasteiger partial charge in [-0.25, -0.2) is 4.68 Å². The van der Waals surface area contributed by atoms with Crippen LogP contribution in [0.4, 0.5) is 0 Å². The van der Waals surface area contributed by atoms with Crippen LogP contribution in [-0.2, 0) is 17.6 Å². The van der Waals surface area contributed by atoms with Crippen LogP contribution < -0.4 is 0 Å². The number of aliphatic hydroxyl groups is 2. The number of ketones is 1. The number of aliphatic hydroxyl groups excluding tert-OH is 1. The van der Waals surface area contributed by atoms with Gasteiger partial charge in [0.2, 0.25) is 0 Å². The van der Waals surface area contributed by atoms with Crippen molar-refractivity contribution in [3.63, 3.8) is 0 Å². The zero-order valence-electron chi connectivity index (χ0n) is 23.0. The van der Waals surface area contributed by atoms with E-state index in [1.807, 2.05) is 11.6 Å². The summed E-state index contributed by atoms with van der Waals surface area (Å²) in [4.78, 5) is 13.0. The van der Waals surface area contributed by atoms with Gasteiger partial charge in [0.1, 0.15) is 5.60 Å². The Morgan fingerprint density at radius 3 is 2.59 bits per heavy atom. The molecule has 0 radical (unpaired) electrons. The number of carbonyl (C=O) groups is 1. The minimum atomic E-state index is -1.31. The molecule has 1 aromatic carbocycles. The van der Waals surface area contributed by atoms with E-state index < -0.39 is 17.1 Å². The van der Waals surface area contributed by atoms with Crippen molar-refractivity contribution in [2.45, 2.75) is 91.3 Å². The molecule has 0 spiro atoms. The van der Waals surface area contributed by atoms with Gasteiger partial charge in [0.15, 0.2) is 5.78 Å². The Morgan fingerprint density at radius 2 is 1.92 bits per heavy atom. The molecule has 0 amide bonds. The van der Waals surface area contributed by atoms with Crippen LogP contribution in [0.2, 0.25) is 0 Å². The van der Waals surface area contributed by atoms with E-state index in [0.29, 0.717) is 31.1 Å². The van der Waals surface area contributed by atoms with Crippen LogP contribution in [0.15, 0.2) is 36.0 Å². The summed E-state index contributed by atoms with van der Waals surface area (Å²) in [6, 6.07) is 8.62. The smallest absolute Gasteiger partial charge is 0.164 e. The molecule has 8 atom stereocenters. The third-order valence-electron chi connectivity index (χ3n) is 11.2. The van der Waals surface area contributed by atoms with E-state index in [4.69, 9.17) is 5.10 Å². The number of hydrogen-bond donors (Lipinski definition) is 2. The fourth-order valence-corrected chi connectivity index (χ4v) is 9.40. The summed E-state index contributed by atoms with van der Waals surface area (Å²) in [5.74, 6) is 0.984. The van der Waals surface area contributed by atoms with E-state index in [1.165, 1.54) is 16.7 Å². The van der Waals surface area contributed by atoms with Crippen molar-refractivity contribution in [3.8, 4) is 5.69 Å². The number of benzene rings is 1. The minimum Gasteiger partial charge on any atom is -0.393 e. The monoisotopic (exact) mass is 502 g/mol. The lowest BCUT2D eigenvalue weighted by atomic mass is 9.44. The first-order valence-electron chi connectivity index (χ1n) is 14.4. The van der Waals surface area contributed by atoms with Crippen molar-refractivity contribution in [1.82, 2.24) is 9.78 Å². The number of fused-ring (bicyclic) bond motifs is 6. The normalized spacial score (nSPS) is 40.3. The average Bonchev–Trinajstić information content (AvgIpc) is 3.40. The van der Waals surface area contributed by atoms with Gasteiger partial charge in [-0.05, 0) is 96.9 Å². The number of allylic oxidation sites excluding steroid dienone is 1. The second-order valence-corrected chi connectivity index (χ2v) is 13.0. The lowest BCUT2D eigenvalue weighted by molar-refractivity contribution is -0.181. The Bertz CT molecular complexity index is 1260. The molecule has 198 valence electrons. The molecule has 3 saturated carbocycles. The summed E-state index contributed by atoms with van der Waals surface area (Å²) in [5, 5.41) is 28.5. The molecular weight excluding hydrogens is 460 g/mol. The summed E-state index contributed by atoms with van der Waals surface area (Å²) < 4.78 is 2.01. The number of aromatic nitrogens is 2. The Hall–Kier alpha value is -2.24. The fourth-order valence-electron chi connectivity index (χ4n) is 9.40. The molecule has 0 bridgehead atoms. The van der Waals surface area contributed by atoms with Crippen molar-refractivity contribution in [2.24, 2.45) is 34.5 Å². The first kappa shape index (κ1) is 25.1. The van der Waals surface area contributed by atoms with Gasteiger partial charge in [-0.1, -0.05) is 52.3 Å². The molecule has 3 fully saturated rings. The van der Waals surface area contributed by atoms with Gasteiger partial charge in [-0.3, -0.25) is 4.79 Å². The number of nitrogens with zero attached hydrogens (tertiary/aromatic N) is 2. The lowest BCUT2D eigenvalue weighted by Crippen LogP contribution is -2.62. The highest BCUT2D eigenvalue weighted by Gasteiger charge is 2.68. The summed E-state index contributed by atoms with van der Waals surface area (Å²) in [6.45, 7) is 10.8. The quantitative estimate of drug-likeness (QED) is 0.575. The molecular formula is C32H42N2O3. The molecule has 5 heteroatoms.